The number of benzene rings is 1. The second kappa shape index (κ2) is 6.15. The molecular formula is C16H15ClN4O. The first-order valence-corrected chi connectivity index (χ1v) is 7.34. The van der Waals surface area contributed by atoms with Crippen molar-refractivity contribution in [2.24, 2.45) is 10.2 Å². The Morgan fingerprint density at radius 1 is 1.14 bits per heavy atom. The van der Waals surface area contributed by atoms with E-state index in [4.69, 9.17) is 16.3 Å². The molecule has 0 aliphatic heterocycles. The second-order valence-corrected chi connectivity index (χ2v) is 5.16. The van der Waals surface area contributed by atoms with E-state index in [1.807, 2.05) is 48.6 Å². The summed E-state index contributed by atoms with van der Waals surface area (Å²) in [5.41, 5.74) is 2.35. The fraction of sp³-hybridized carbons (Fsp3) is 0.188. The number of azo groups is 1. The van der Waals surface area contributed by atoms with Gasteiger partial charge in [-0.1, -0.05) is 11.6 Å². The molecule has 0 amide bonds. The maximum atomic E-state index is 6.03. The molecule has 5 nitrogen and oxygen atoms in total. The molecule has 1 aromatic carbocycles. The summed E-state index contributed by atoms with van der Waals surface area (Å²) in [5, 5.41) is 9.19. The van der Waals surface area contributed by atoms with Gasteiger partial charge in [0.25, 0.3) is 0 Å². The van der Waals surface area contributed by atoms with Crippen LogP contribution in [0.4, 0.5) is 11.5 Å². The Labute approximate surface area is 133 Å². The van der Waals surface area contributed by atoms with E-state index >= 15 is 0 Å². The van der Waals surface area contributed by atoms with E-state index in [1.54, 1.807) is 12.3 Å². The Kier molecular flexibility index (Phi) is 4.06. The molecule has 0 spiro atoms. The van der Waals surface area contributed by atoms with Crippen molar-refractivity contribution in [1.82, 2.24) is 9.38 Å². The van der Waals surface area contributed by atoms with Gasteiger partial charge in [-0.15, -0.1) is 10.2 Å². The lowest BCUT2D eigenvalue weighted by Crippen LogP contribution is -1.89. The van der Waals surface area contributed by atoms with Crippen molar-refractivity contribution in [2.75, 3.05) is 6.61 Å². The molecule has 0 aliphatic rings. The molecule has 0 N–H and O–H groups in total. The molecule has 0 bridgehead atoms. The predicted octanol–water partition coefficient (Wildman–Crippen LogP) is 5.11. The number of fused-ring (bicyclic) bond motifs is 1. The number of pyridine rings is 1. The first-order chi connectivity index (χ1) is 10.7. The van der Waals surface area contributed by atoms with Crippen molar-refractivity contribution in [3.8, 4) is 5.75 Å². The van der Waals surface area contributed by atoms with Crippen LogP contribution in [-0.2, 0) is 0 Å². The molecule has 0 saturated heterocycles. The van der Waals surface area contributed by atoms with Gasteiger partial charge in [-0.2, -0.15) is 0 Å². The number of hydrogen-bond donors (Lipinski definition) is 0. The standard InChI is InChI=1S/C16H15ClN4O/c1-3-22-14-7-5-13(6-8-14)19-20-16-11(2)18-15-9-4-12(17)10-21(15)16/h4-10H,3H2,1-2H3. The summed E-state index contributed by atoms with van der Waals surface area (Å²) in [5.74, 6) is 1.49. The fourth-order valence-corrected chi connectivity index (χ4v) is 2.29. The molecule has 112 valence electrons. The number of aryl methyl sites for hydroxylation is 1. The average molecular weight is 315 g/mol. The maximum Gasteiger partial charge on any atom is 0.182 e. The van der Waals surface area contributed by atoms with Crippen LogP contribution in [0.15, 0.2) is 52.8 Å². The number of halogens is 1. The number of ether oxygens (including phenoxy) is 1. The SMILES string of the molecule is CCOc1ccc(N=Nc2c(C)nc3ccc(Cl)cn23)cc1. The van der Waals surface area contributed by atoms with Gasteiger partial charge in [0, 0.05) is 6.20 Å². The Morgan fingerprint density at radius 3 is 2.64 bits per heavy atom. The van der Waals surface area contributed by atoms with Gasteiger partial charge in [-0.25, -0.2) is 4.98 Å². The van der Waals surface area contributed by atoms with Gasteiger partial charge in [-0.05, 0) is 50.2 Å². The molecule has 22 heavy (non-hydrogen) atoms. The lowest BCUT2D eigenvalue weighted by Gasteiger charge is -2.01. The molecular weight excluding hydrogens is 300 g/mol. The van der Waals surface area contributed by atoms with Crippen molar-refractivity contribution in [1.29, 1.82) is 0 Å². The van der Waals surface area contributed by atoms with Crippen molar-refractivity contribution in [3.05, 3.63) is 53.3 Å². The first kappa shape index (κ1) is 14.5. The van der Waals surface area contributed by atoms with Crippen LogP contribution in [0.2, 0.25) is 5.02 Å². The summed E-state index contributed by atoms with van der Waals surface area (Å²) in [6.07, 6.45) is 1.78. The maximum absolute atomic E-state index is 6.03. The molecule has 0 saturated carbocycles. The van der Waals surface area contributed by atoms with Crippen LogP contribution in [0, 0.1) is 6.92 Å². The first-order valence-electron chi connectivity index (χ1n) is 6.96. The molecule has 0 aliphatic carbocycles. The minimum Gasteiger partial charge on any atom is -0.494 e. The number of hydrogen-bond acceptors (Lipinski definition) is 4. The fourth-order valence-electron chi connectivity index (χ4n) is 2.13. The van der Waals surface area contributed by atoms with Crippen LogP contribution < -0.4 is 4.74 Å². The lowest BCUT2D eigenvalue weighted by molar-refractivity contribution is 0.340. The van der Waals surface area contributed by atoms with E-state index in [1.165, 1.54) is 0 Å². The number of aromatic nitrogens is 2. The van der Waals surface area contributed by atoms with E-state index in [-0.39, 0.29) is 0 Å². The van der Waals surface area contributed by atoms with Crippen LogP contribution in [0.3, 0.4) is 0 Å². The van der Waals surface area contributed by atoms with Crippen LogP contribution in [0.5, 0.6) is 5.75 Å². The van der Waals surface area contributed by atoms with E-state index in [0.29, 0.717) is 17.4 Å². The number of nitrogens with zero attached hydrogens (tertiary/aromatic N) is 4. The van der Waals surface area contributed by atoms with Gasteiger partial charge in [0.2, 0.25) is 0 Å². The lowest BCUT2D eigenvalue weighted by atomic mass is 10.3. The van der Waals surface area contributed by atoms with E-state index in [0.717, 1.165) is 22.8 Å². The molecule has 2 heterocycles. The molecule has 0 unspecified atom stereocenters. The average Bonchev–Trinajstić information content (AvgIpc) is 2.82. The zero-order valence-electron chi connectivity index (χ0n) is 12.3. The Hall–Kier alpha value is -2.40. The van der Waals surface area contributed by atoms with Crippen molar-refractivity contribution in [2.45, 2.75) is 13.8 Å². The third-order valence-corrected chi connectivity index (χ3v) is 3.36. The van der Waals surface area contributed by atoms with Gasteiger partial charge in [-0.3, -0.25) is 4.40 Å². The van der Waals surface area contributed by atoms with E-state index in [2.05, 4.69) is 15.2 Å². The highest BCUT2D eigenvalue weighted by Crippen LogP contribution is 2.25. The minimum atomic E-state index is 0.627. The molecule has 0 atom stereocenters. The third-order valence-electron chi connectivity index (χ3n) is 3.13. The molecule has 3 rings (SSSR count). The molecule has 6 heteroatoms. The highest BCUT2D eigenvalue weighted by atomic mass is 35.5. The van der Waals surface area contributed by atoms with Gasteiger partial charge >= 0.3 is 0 Å². The molecule has 0 fully saturated rings. The molecule has 3 aromatic rings. The third kappa shape index (κ3) is 2.94. The highest BCUT2D eigenvalue weighted by Gasteiger charge is 2.08. The Bertz CT molecular complexity index is 824. The zero-order chi connectivity index (χ0) is 15.5. The monoisotopic (exact) mass is 314 g/mol. The van der Waals surface area contributed by atoms with Crippen LogP contribution >= 0.6 is 11.6 Å². The largest absolute Gasteiger partial charge is 0.494 e. The normalized spacial score (nSPS) is 11.4. The van der Waals surface area contributed by atoms with Gasteiger partial charge in [0.05, 0.1) is 23.0 Å². The quantitative estimate of drug-likeness (QED) is 0.628. The highest BCUT2D eigenvalue weighted by molar-refractivity contribution is 6.30. The summed E-state index contributed by atoms with van der Waals surface area (Å²) in [4.78, 5) is 4.44. The summed E-state index contributed by atoms with van der Waals surface area (Å²) in [6, 6.07) is 11.1. The predicted molar refractivity (Wildman–Crippen MR) is 86.7 cm³/mol. The molecule has 0 radical (unpaired) electrons. The summed E-state index contributed by atoms with van der Waals surface area (Å²) in [6.45, 7) is 4.49. The summed E-state index contributed by atoms with van der Waals surface area (Å²) >= 11 is 6.03. The topological polar surface area (TPSA) is 51.2 Å². The van der Waals surface area contributed by atoms with Gasteiger partial charge in [0.15, 0.2) is 5.82 Å². The van der Waals surface area contributed by atoms with Gasteiger partial charge in [0.1, 0.15) is 11.4 Å². The number of rotatable bonds is 4. The molecule has 2 aromatic heterocycles. The number of imidazole rings is 1. The summed E-state index contributed by atoms with van der Waals surface area (Å²) in [7, 11) is 0. The Morgan fingerprint density at radius 2 is 1.91 bits per heavy atom. The van der Waals surface area contributed by atoms with E-state index in [9.17, 15) is 0 Å². The van der Waals surface area contributed by atoms with Crippen molar-refractivity contribution >= 4 is 28.8 Å². The van der Waals surface area contributed by atoms with Crippen LogP contribution in [-0.4, -0.2) is 16.0 Å². The van der Waals surface area contributed by atoms with Crippen LogP contribution in [0.1, 0.15) is 12.6 Å². The Balaban J connectivity index is 1.91. The van der Waals surface area contributed by atoms with Crippen molar-refractivity contribution < 1.29 is 4.74 Å². The minimum absolute atomic E-state index is 0.627. The van der Waals surface area contributed by atoms with Gasteiger partial charge < -0.3 is 4.74 Å². The van der Waals surface area contributed by atoms with Crippen LogP contribution in [0.25, 0.3) is 5.65 Å². The van der Waals surface area contributed by atoms with Crippen molar-refractivity contribution in [3.63, 3.8) is 0 Å². The van der Waals surface area contributed by atoms with E-state index < -0.39 is 0 Å². The zero-order valence-corrected chi connectivity index (χ0v) is 13.1. The second-order valence-electron chi connectivity index (χ2n) is 4.72. The smallest absolute Gasteiger partial charge is 0.182 e. The summed E-state index contributed by atoms with van der Waals surface area (Å²) < 4.78 is 7.23.